The normalized spacial score (nSPS) is 12.7. The molecule has 0 aliphatic carbocycles. The lowest BCUT2D eigenvalue weighted by atomic mass is 9.95. The second-order valence-corrected chi connectivity index (χ2v) is 10.2. The van der Waals surface area contributed by atoms with Crippen molar-refractivity contribution in [3.8, 4) is 6.07 Å². The maximum absolute atomic E-state index is 14.0. The molecule has 0 spiro atoms. The predicted molar refractivity (Wildman–Crippen MR) is 156 cm³/mol. The number of allylic oxidation sites excluding steroid dienone is 1. The van der Waals surface area contributed by atoms with E-state index >= 15 is 0 Å². The number of H-pyrrole nitrogens is 1. The van der Waals surface area contributed by atoms with Gasteiger partial charge in [-0.15, -0.1) is 0 Å². The second kappa shape index (κ2) is 11.1. The minimum Gasteiger partial charge on any atom is -0.287 e. The van der Waals surface area contributed by atoms with Crippen LogP contribution in [0, 0.1) is 18.3 Å². The van der Waals surface area contributed by atoms with Crippen LogP contribution in [-0.2, 0) is 6.54 Å². The Morgan fingerprint density at radius 1 is 1.02 bits per heavy atom. The van der Waals surface area contributed by atoms with Crippen molar-refractivity contribution in [3.63, 3.8) is 0 Å². The van der Waals surface area contributed by atoms with Crippen LogP contribution >= 0.6 is 0 Å². The number of fused-ring (bicyclic) bond motifs is 1. The summed E-state index contributed by atoms with van der Waals surface area (Å²) < 4.78 is 1.19. The molecule has 2 aromatic heterocycles. The first-order valence-corrected chi connectivity index (χ1v) is 13.1. The number of nitriles is 1. The average Bonchev–Trinajstić information content (AvgIpc) is 3.21. The van der Waals surface area contributed by atoms with Gasteiger partial charge in [0.1, 0.15) is 11.5 Å². The molecule has 1 aliphatic heterocycles. The van der Waals surface area contributed by atoms with Gasteiger partial charge in [-0.2, -0.15) is 5.26 Å². The fourth-order valence-corrected chi connectivity index (χ4v) is 5.09. The summed E-state index contributed by atoms with van der Waals surface area (Å²) in [6.07, 6.45) is 4.26. The molecule has 208 valence electrons. The van der Waals surface area contributed by atoms with Gasteiger partial charge in [0.15, 0.2) is 0 Å². The van der Waals surface area contributed by atoms with Crippen LogP contribution in [0.4, 0.5) is 5.82 Å². The standard InChI is InChI=1S/C32H25N5O5/c1-18(2)26-27(28(38)22-14-19(3)13-20(15-22)7-6-11-33)36(32(42)35-29(26)39)17-21-10-12-34-25(16-21)37-30(40)23-8-4-5-9-24(23)31(37)41/h4-10,12-16,18H,17H2,1-3H3,(H,35,39,42). The highest BCUT2D eigenvalue weighted by molar-refractivity contribution is 6.34. The number of imide groups is 1. The van der Waals surface area contributed by atoms with Gasteiger partial charge in [-0.25, -0.2) is 14.7 Å². The van der Waals surface area contributed by atoms with E-state index in [4.69, 9.17) is 5.26 Å². The molecule has 42 heavy (non-hydrogen) atoms. The van der Waals surface area contributed by atoms with E-state index in [-0.39, 0.29) is 40.3 Å². The van der Waals surface area contributed by atoms with Gasteiger partial charge in [-0.1, -0.05) is 32.0 Å². The zero-order valence-electron chi connectivity index (χ0n) is 23.0. The number of pyridine rings is 1. The van der Waals surface area contributed by atoms with Crippen LogP contribution in [0.15, 0.2) is 76.5 Å². The average molecular weight is 560 g/mol. The smallest absolute Gasteiger partial charge is 0.287 e. The van der Waals surface area contributed by atoms with Gasteiger partial charge < -0.3 is 0 Å². The number of anilines is 1. The molecule has 0 atom stereocenters. The summed E-state index contributed by atoms with van der Waals surface area (Å²) in [6.45, 7) is 5.15. The van der Waals surface area contributed by atoms with E-state index < -0.39 is 34.8 Å². The van der Waals surface area contributed by atoms with E-state index in [0.29, 0.717) is 11.1 Å². The number of nitrogens with zero attached hydrogens (tertiary/aromatic N) is 4. The van der Waals surface area contributed by atoms with E-state index in [1.54, 1.807) is 75.4 Å². The van der Waals surface area contributed by atoms with Gasteiger partial charge in [0, 0.05) is 23.4 Å². The number of benzene rings is 2. The molecule has 0 radical (unpaired) electrons. The molecule has 0 bridgehead atoms. The molecule has 5 rings (SSSR count). The summed E-state index contributed by atoms with van der Waals surface area (Å²) in [5.74, 6) is -1.90. The topological polar surface area (TPSA) is 146 Å². The molecule has 1 N–H and O–H groups in total. The van der Waals surface area contributed by atoms with Crippen LogP contribution in [0.25, 0.3) is 6.08 Å². The van der Waals surface area contributed by atoms with Crippen molar-refractivity contribution in [1.29, 1.82) is 5.26 Å². The highest BCUT2D eigenvalue weighted by Crippen LogP contribution is 2.28. The Morgan fingerprint density at radius 3 is 2.36 bits per heavy atom. The molecule has 10 heteroatoms. The van der Waals surface area contributed by atoms with Gasteiger partial charge in [-0.3, -0.25) is 28.7 Å². The van der Waals surface area contributed by atoms with Gasteiger partial charge in [-0.05, 0) is 72.0 Å². The van der Waals surface area contributed by atoms with Crippen molar-refractivity contribution >= 4 is 29.5 Å². The monoisotopic (exact) mass is 559 g/mol. The predicted octanol–water partition coefficient (Wildman–Crippen LogP) is 3.98. The maximum atomic E-state index is 14.0. The third kappa shape index (κ3) is 4.99. The number of nitrogens with one attached hydrogen (secondary N) is 1. The van der Waals surface area contributed by atoms with Crippen LogP contribution in [0.3, 0.4) is 0 Å². The fraction of sp³-hybridized carbons (Fsp3) is 0.156. The molecular formula is C32H25N5O5. The molecule has 4 aromatic rings. The van der Waals surface area contributed by atoms with Gasteiger partial charge >= 0.3 is 5.69 Å². The van der Waals surface area contributed by atoms with Crippen molar-refractivity contribution in [3.05, 3.63) is 132 Å². The number of ketones is 1. The molecule has 0 unspecified atom stereocenters. The summed E-state index contributed by atoms with van der Waals surface area (Å²) in [7, 11) is 0. The third-order valence-electron chi connectivity index (χ3n) is 6.91. The summed E-state index contributed by atoms with van der Waals surface area (Å²) >= 11 is 0. The van der Waals surface area contributed by atoms with E-state index in [1.807, 2.05) is 6.07 Å². The van der Waals surface area contributed by atoms with Crippen LogP contribution in [0.2, 0.25) is 0 Å². The first-order chi connectivity index (χ1) is 20.1. The summed E-state index contributed by atoms with van der Waals surface area (Å²) in [6, 6.07) is 16.5. The lowest BCUT2D eigenvalue weighted by molar-refractivity contribution is 0.0924. The molecule has 2 aromatic carbocycles. The minimum absolute atomic E-state index is 0.0701. The molecular weight excluding hydrogens is 534 g/mol. The zero-order chi connectivity index (χ0) is 30.1. The zero-order valence-corrected chi connectivity index (χ0v) is 23.0. The molecule has 0 fully saturated rings. The maximum Gasteiger partial charge on any atom is 0.329 e. The Bertz CT molecular complexity index is 1940. The summed E-state index contributed by atoms with van der Waals surface area (Å²) in [4.78, 5) is 73.8. The largest absolute Gasteiger partial charge is 0.329 e. The number of hydrogen-bond acceptors (Lipinski definition) is 7. The Hall–Kier alpha value is -5.69. The van der Waals surface area contributed by atoms with Gasteiger partial charge in [0.05, 0.1) is 23.7 Å². The number of aromatic nitrogens is 3. The molecule has 0 saturated carbocycles. The van der Waals surface area contributed by atoms with Crippen molar-refractivity contribution in [1.82, 2.24) is 14.5 Å². The Balaban J connectivity index is 1.61. The van der Waals surface area contributed by atoms with Crippen molar-refractivity contribution < 1.29 is 14.4 Å². The van der Waals surface area contributed by atoms with Crippen LogP contribution in [0.5, 0.6) is 0 Å². The van der Waals surface area contributed by atoms with Crippen molar-refractivity contribution in [2.45, 2.75) is 33.2 Å². The Kier molecular flexibility index (Phi) is 7.34. The number of hydrogen-bond donors (Lipinski definition) is 1. The van der Waals surface area contributed by atoms with E-state index in [9.17, 15) is 24.0 Å². The van der Waals surface area contributed by atoms with Crippen molar-refractivity contribution in [2.75, 3.05) is 4.90 Å². The van der Waals surface area contributed by atoms with Crippen molar-refractivity contribution in [2.24, 2.45) is 0 Å². The first kappa shape index (κ1) is 27.9. The molecule has 3 heterocycles. The van der Waals surface area contributed by atoms with Crippen LogP contribution < -0.4 is 16.1 Å². The first-order valence-electron chi connectivity index (χ1n) is 13.1. The molecule has 0 saturated heterocycles. The number of amides is 2. The van der Waals surface area contributed by atoms with Crippen LogP contribution in [-0.4, -0.2) is 32.1 Å². The number of carbonyl (C=O) groups is 3. The third-order valence-corrected chi connectivity index (χ3v) is 6.91. The minimum atomic E-state index is -0.788. The molecule has 2 amide bonds. The number of aromatic amines is 1. The van der Waals surface area contributed by atoms with E-state index in [0.717, 1.165) is 10.5 Å². The SMILES string of the molecule is Cc1cc(C=CC#N)cc(C(=O)c2c(C(C)C)c(=O)[nH]c(=O)n2Cc2ccnc(N3C(=O)c4ccccc4C3=O)c2)c1. The second-order valence-electron chi connectivity index (χ2n) is 10.2. The summed E-state index contributed by atoms with van der Waals surface area (Å²) in [5, 5.41) is 8.93. The van der Waals surface area contributed by atoms with E-state index in [2.05, 4.69) is 9.97 Å². The lowest BCUT2D eigenvalue weighted by Gasteiger charge is -2.19. The Morgan fingerprint density at radius 2 is 1.71 bits per heavy atom. The van der Waals surface area contributed by atoms with Gasteiger partial charge in [0.25, 0.3) is 17.4 Å². The Labute approximate surface area is 240 Å². The number of aryl methyl sites for hydroxylation is 1. The highest BCUT2D eigenvalue weighted by atomic mass is 16.2. The molecule has 1 aliphatic rings. The lowest BCUT2D eigenvalue weighted by Crippen LogP contribution is -2.38. The summed E-state index contributed by atoms with van der Waals surface area (Å²) in [5.41, 5.74) is 1.24. The number of carbonyl (C=O) groups excluding carboxylic acids is 3. The quantitative estimate of drug-likeness (QED) is 0.205. The van der Waals surface area contributed by atoms with E-state index in [1.165, 1.54) is 22.9 Å². The highest BCUT2D eigenvalue weighted by Gasteiger charge is 2.37. The number of rotatable bonds is 7. The fourth-order valence-electron chi connectivity index (χ4n) is 5.09. The van der Waals surface area contributed by atoms with Crippen LogP contribution in [0.1, 0.15) is 78.8 Å². The molecule has 10 nitrogen and oxygen atoms in total. The van der Waals surface area contributed by atoms with Gasteiger partial charge in [0.2, 0.25) is 5.78 Å².